The minimum absolute atomic E-state index is 0.129. The number of nitrogens with one attached hydrogen (secondary N) is 1. The van der Waals surface area contributed by atoms with Gasteiger partial charge < -0.3 is 0 Å². The largest absolute Gasteiger partial charge is 0.266 e. The van der Waals surface area contributed by atoms with Crippen LogP contribution in [-0.2, 0) is 10.0 Å². The van der Waals surface area contributed by atoms with Crippen LogP contribution in [0.4, 0.5) is 13.9 Å². The first-order valence-corrected chi connectivity index (χ1v) is 8.50. The Morgan fingerprint density at radius 1 is 1.14 bits per heavy atom. The van der Waals surface area contributed by atoms with Gasteiger partial charge in [-0.2, -0.15) is 0 Å². The first-order valence-electron chi connectivity index (χ1n) is 6.20. The Bertz CT molecular complexity index is 968. The number of hydrogen-bond donors (Lipinski definition) is 1. The quantitative estimate of drug-likeness (QED) is 0.791. The van der Waals surface area contributed by atoms with Gasteiger partial charge in [0, 0.05) is 6.07 Å². The lowest BCUT2D eigenvalue weighted by Gasteiger charge is -2.05. The lowest BCUT2D eigenvalue weighted by atomic mass is 10.2. The van der Waals surface area contributed by atoms with Gasteiger partial charge in [-0.25, -0.2) is 22.2 Å². The van der Waals surface area contributed by atoms with E-state index in [0.717, 1.165) is 33.7 Å². The smallest absolute Gasteiger partial charge is 0.255 e. The van der Waals surface area contributed by atoms with Crippen molar-refractivity contribution in [3.05, 3.63) is 53.6 Å². The molecule has 0 amide bonds. The molecule has 4 nitrogen and oxygen atoms in total. The maximum Gasteiger partial charge on any atom is 0.266 e. The molecule has 8 heteroatoms. The molecule has 0 fully saturated rings. The van der Waals surface area contributed by atoms with Gasteiger partial charge in [0.15, 0.2) is 5.13 Å². The molecule has 3 rings (SSSR count). The Kier molecular flexibility index (Phi) is 3.57. The molecule has 114 valence electrons. The lowest BCUT2D eigenvalue weighted by molar-refractivity contribution is 0.551. The van der Waals surface area contributed by atoms with Crippen LogP contribution in [0.5, 0.6) is 0 Å². The van der Waals surface area contributed by atoms with Crippen LogP contribution in [0.3, 0.4) is 0 Å². The standard InChI is InChI=1S/C14H10F2N2O2S2/c1-8-2-4-11-12(6-8)21-14(17-11)18-22(19,20)13-5-3-9(15)7-10(13)16/h2-7H,1H3,(H,17,18). The molecular weight excluding hydrogens is 330 g/mol. The van der Waals surface area contributed by atoms with E-state index in [1.165, 1.54) is 0 Å². The highest BCUT2D eigenvalue weighted by molar-refractivity contribution is 7.93. The Labute approximate surface area is 129 Å². The van der Waals surface area contributed by atoms with Crippen molar-refractivity contribution in [1.82, 2.24) is 4.98 Å². The van der Waals surface area contributed by atoms with Crippen LogP contribution in [0.25, 0.3) is 10.2 Å². The van der Waals surface area contributed by atoms with E-state index in [-0.39, 0.29) is 5.13 Å². The number of nitrogens with zero attached hydrogens (tertiary/aromatic N) is 1. The van der Waals surface area contributed by atoms with Crippen LogP contribution in [-0.4, -0.2) is 13.4 Å². The molecule has 0 aliphatic heterocycles. The molecule has 0 saturated carbocycles. The molecule has 22 heavy (non-hydrogen) atoms. The highest BCUT2D eigenvalue weighted by Crippen LogP contribution is 2.28. The van der Waals surface area contributed by atoms with Gasteiger partial charge in [-0.15, -0.1) is 0 Å². The molecule has 3 aromatic rings. The number of fused-ring (bicyclic) bond motifs is 1. The first-order chi connectivity index (χ1) is 10.3. The molecule has 0 aliphatic carbocycles. The molecule has 0 atom stereocenters. The summed E-state index contributed by atoms with van der Waals surface area (Å²) in [6, 6.07) is 7.81. The summed E-state index contributed by atoms with van der Waals surface area (Å²) in [7, 11) is -4.16. The summed E-state index contributed by atoms with van der Waals surface area (Å²) >= 11 is 1.14. The number of aryl methyl sites for hydroxylation is 1. The second kappa shape index (κ2) is 5.29. The van der Waals surface area contributed by atoms with E-state index >= 15 is 0 Å². The van der Waals surface area contributed by atoms with Crippen LogP contribution in [0, 0.1) is 18.6 Å². The Morgan fingerprint density at radius 2 is 1.91 bits per heavy atom. The number of halogens is 2. The van der Waals surface area contributed by atoms with Gasteiger partial charge in [0.2, 0.25) is 0 Å². The summed E-state index contributed by atoms with van der Waals surface area (Å²) in [6.07, 6.45) is 0. The van der Waals surface area contributed by atoms with Crippen molar-refractivity contribution in [3.63, 3.8) is 0 Å². The maximum absolute atomic E-state index is 13.6. The minimum Gasteiger partial charge on any atom is -0.255 e. The SMILES string of the molecule is Cc1ccc2nc(NS(=O)(=O)c3ccc(F)cc3F)sc2c1. The van der Waals surface area contributed by atoms with Crippen molar-refractivity contribution in [3.8, 4) is 0 Å². The van der Waals surface area contributed by atoms with Crippen molar-refractivity contribution >= 4 is 36.7 Å². The second-order valence-electron chi connectivity index (χ2n) is 4.67. The van der Waals surface area contributed by atoms with E-state index in [4.69, 9.17) is 0 Å². The van der Waals surface area contributed by atoms with Gasteiger partial charge in [-0.3, -0.25) is 4.72 Å². The zero-order chi connectivity index (χ0) is 15.9. The fraction of sp³-hybridized carbons (Fsp3) is 0.0714. The van der Waals surface area contributed by atoms with Crippen LogP contribution in [0.1, 0.15) is 5.56 Å². The number of anilines is 1. The van der Waals surface area contributed by atoms with Crippen molar-refractivity contribution in [2.75, 3.05) is 4.72 Å². The van der Waals surface area contributed by atoms with Gasteiger partial charge in [0.25, 0.3) is 10.0 Å². The average Bonchev–Trinajstić information content (AvgIpc) is 2.78. The van der Waals surface area contributed by atoms with Crippen LogP contribution in [0.2, 0.25) is 0 Å². The normalized spacial score (nSPS) is 11.8. The van der Waals surface area contributed by atoms with E-state index in [2.05, 4.69) is 9.71 Å². The Hall–Kier alpha value is -2.06. The van der Waals surface area contributed by atoms with Crippen LogP contribution >= 0.6 is 11.3 Å². The molecule has 0 saturated heterocycles. The highest BCUT2D eigenvalue weighted by atomic mass is 32.2. The predicted octanol–water partition coefficient (Wildman–Crippen LogP) is 3.68. The molecule has 0 unspecified atom stereocenters. The third-order valence-electron chi connectivity index (χ3n) is 2.95. The summed E-state index contributed by atoms with van der Waals surface area (Å²) in [5, 5.41) is 0.129. The second-order valence-corrected chi connectivity index (χ2v) is 7.35. The molecule has 2 aromatic carbocycles. The van der Waals surface area contributed by atoms with Crippen LogP contribution in [0.15, 0.2) is 41.3 Å². The number of hydrogen-bond acceptors (Lipinski definition) is 4. The summed E-state index contributed by atoms with van der Waals surface area (Å²) in [4.78, 5) is 3.52. The Balaban J connectivity index is 1.99. The summed E-state index contributed by atoms with van der Waals surface area (Å²) in [5.41, 5.74) is 1.67. The summed E-state index contributed by atoms with van der Waals surface area (Å²) in [6.45, 7) is 1.91. The molecule has 0 radical (unpaired) electrons. The summed E-state index contributed by atoms with van der Waals surface area (Å²) in [5.74, 6) is -1.99. The number of thiazole rings is 1. The van der Waals surface area contributed by atoms with E-state index < -0.39 is 26.6 Å². The molecule has 0 aliphatic rings. The van der Waals surface area contributed by atoms with Crippen molar-refractivity contribution in [2.45, 2.75) is 11.8 Å². The number of benzene rings is 2. The van der Waals surface area contributed by atoms with E-state index in [0.29, 0.717) is 11.6 Å². The van der Waals surface area contributed by atoms with E-state index in [1.54, 1.807) is 6.07 Å². The monoisotopic (exact) mass is 340 g/mol. The highest BCUT2D eigenvalue weighted by Gasteiger charge is 2.21. The van der Waals surface area contributed by atoms with Gasteiger partial charge >= 0.3 is 0 Å². The fourth-order valence-electron chi connectivity index (χ4n) is 1.94. The third-order valence-corrected chi connectivity index (χ3v) is 5.38. The van der Waals surface area contributed by atoms with Crippen molar-refractivity contribution < 1.29 is 17.2 Å². The van der Waals surface area contributed by atoms with Gasteiger partial charge in [-0.05, 0) is 36.8 Å². The molecular formula is C14H10F2N2O2S2. The molecule has 1 heterocycles. The molecule has 0 spiro atoms. The number of sulfonamides is 1. The van der Waals surface area contributed by atoms with Gasteiger partial charge in [0.05, 0.1) is 10.2 Å². The minimum atomic E-state index is -4.16. The average molecular weight is 340 g/mol. The van der Waals surface area contributed by atoms with E-state index in [9.17, 15) is 17.2 Å². The Morgan fingerprint density at radius 3 is 2.64 bits per heavy atom. The zero-order valence-corrected chi connectivity index (χ0v) is 12.9. The third kappa shape index (κ3) is 2.79. The van der Waals surface area contributed by atoms with Crippen molar-refractivity contribution in [1.29, 1.82) is 0 Å². The number of aromatic nitrogens is 1. The zero-order valence-electron chi connectivity index (χ0n) is 11.3. The number of rotatable bonds is 3. The topological polar surface area (TPSA) is 59.1 Å². The van der Waals surface area contributed by atoms with Gasteiger partial charge in [0.1, 0.15) is 16.5 Å². The predicted molar refractivity (Wildman–Crippen MR) is 81.5 cm³/mol. The molecule has 1 aromatic heterocycles. The van der Waals surface area contributed by atoms with Gasteiger partial charge in [-0.1, -0.05) is 17.4 Å². The molecule has 0 bridgehead atoms. The summed E-state index contributed by atoms with van der Waals surface area (Å²) < 4.78 is 53.9. The lowest BCUT2D eigenvalue weighted by Crippen LogP contribution is -2.14. The fourth-order valence-corrected chi connectivity index (χ4v) is 4.20. The van der Waals surface area contributed by atoms with E-state index in [1.807, 2.05) is 19.1 Å². The maximum atomic E-state index is 13.6. The molecule has 1 N–H and O–H groups in total. The van der Waals surface area contributed by atoms with Crippen molar-refractivity contribution in [2.24, 2.45) is 0 Å². The first kappa shape index (κ1) is 14.9. The van der Waals surface area contributed by atoms with Crippen LogP contribution < -0.4 is 4.72 Å².